The third-order valence-corrected chi connectivity index (χ3v) is 4.41. The Morgan fingerprint density at radius 2 is 2.00 bits per heavy atom. The van der Waals surface area contributed by atoms with Crippen LogP contribution in [0.1, 0.15) is 25.6 Å². The van der Waals surface area contributed by atoms with E-state index in [0.29, 0.717) is 5.56 Å². The van der Waals surface area contributed by atoms with Crippen LogP contribution in [0, 0.1) is 6.92 Å². The first-order valence-corrected chi connectivity index (χ1v) is 8.04. The standard InChI is InChI=1S/C14H17BrN2O7/c1-6-4-17(14(21)16-12(6)20)13-10(15)11(23-8(3)19)9(24-13)5-22-7(2)18/h4,9-11,13H,5H2,1-3H3,(H,16,20,21)/t9-,10+,11-,13-/m1/s1. The molecule has 1 aliphatic heterocycles. The molecule has 0 saturated carbocycles. The minimum atomic E-state index is -0.849. The maximum absolute atomic E-state index is 12.0. The van der Waals surface area contributed by atoms with Gasteiger partial charge < -0.3 is 14.2 Å². The summed E-state index contributed by atoms with van der Waals surface area (Å²) in [5.41, 5.74) is -0.825. The number of aryl methyl sites for hydroxylation is 1. The van der Waals surface area contributed by atoms with Crippen molar-refractivity contribution in [3.8, 4) is 0 Å². The second-order valence-corrected chi connectivity index (χ2v) is 6.42. The van der Waals surface area contributed by atoms with E-state index in [4.69, 9.17) is 14.2 Å². The molecule has 0 aliphatic carbocycles. The SMILES string of the molecule is CC(=O)OC[C@H]1O[C@@H](n2cc(C)c(=O)[nH]c2=O)[C@@H](Br)[C@@H]1OC(C)=O. The summed E-state index contributed by atoms with van der Waals surface area (Å²) < 4.78 is 17.1. The molecular formula is C14H17BrN2O7. The number of esters is 2. The third-order valence-electron chi connectivity index (χ3n) is 3.44. The van der Waals surface area contributed by atoms with E-state index in [1.165, 1.54) is 24.6 Å². The number of nitrogens with one attached hydrogen (secondary N) is 1. The highest BCUT2D eigenvalue weighted by atomic mass is 79.9. The van der Waals surface area contributed by atoms with Crippen LogP contribution in [0.4, 0.5) is 0 Å². The number of hydrogen-bond acceptors (Lipinski definition) is 7. The van der Waals surface area contributed by atoms with Crippen molar-refractivity contribution < 1.29 is 23.8 Å². The Morgan fingerprint density at radius 1 is 1.33 bits per heavy atom. The second kappa shape index (κ2) is 7.31. The Bertz CT molecular complexity index is 756. The molecule has 9 nitrogen and oxygen atoms in total. The van der Waals surface area contributed by atoms with E-state index in [2.05, 4.69) is 20.9 Å². The molecule has 0 amide bonds. The van der Waals surface area contributed by atoms with Crippen molar-refractivity contribution in [1.29, 1.82) is 0 Å². The Morgan fingerprint density at radius 3 is 2.58 bits per heavy atom. The maximum atomic E-state index is 12.0. The fraction of sp³-hybridized carbons (Fsp3) is 0.571. The number of carbonyl (C=O) groups is 2. The average molecular weight is 405 g/mol. The van der Waals surface area contributed by atoms with Gasteiger partial charge in [-0.15, -0.1) is 0 Å². The topological polar surface area (TPSA) is 117 Å². The van der Waals surface area contributed by atoms with Gasteiger partial charge in [-0.25, -0.2) is 4.79 Å². The van der Waals surface area contributed by atoms with Crippen molar-refractivity contribution in [1.82, 2.24) is 9.55 Å². The number of H-pyrrole nitrogens is 1. The molecule has 0 aromatic carbocycles. The average Bonchev–Trinajstić information content (AvgIpc) is 2.77. The van der Waals surface area contributed by atoms with Crippen LogP contribution in [0.3, 0.4) is 0 Å². The maximum Gasteiger partial charge on any atom is 0.330 e. The van der Waals surface area contributed by atoms with Gasteiger partial charge in [-0.2, -0.15) is 0 Å². The summed E-state index contributed by atoms with van der Waals surface area (Å²) in [6, 6.07) is 0. The van der Waals surface area contributed by atoms with Crippen LogP contribution in [0.2, 0.25) is 0 Å². The van der Waals surface area contributed by atoms with E-state index in [-0.39, 0.29) is 6.61 Å². The fourth-order valence-electron chi connectivity index (χ4n) is 2.36. The lowest BCUT2D eigenvalue weighted by molar-refractivity contribution is -0.155. The highest BCUT2D eigenvalue weighted by Gasteiger charge is 2.47. The third kappa shape index (κ3) is 3.93. The zero-order chi connectivity index (χ0) is 18.0. The van der Waals surface area contributed by atoms with Gasteiger partial charge in [0.05, 0.1) is 4.83 Å². The Hall–Kier alpha value is -1.94. The second-order valence-electron chi connectivity index (χ2n) is 5.36. The Balaban J connectivity index is 2.33. The number of hydrogen-bond donors (Lipinski definition) is 1. The first-order valence-electron chi connectivity index (χ1n) is 7.13. The predicted molar refractivity (Wildman–Crippen MR) is 84.9 cm³/mol. The molecule has 4 atom stereocenters. The largest absolute Gasteiger partial charge is 0.463 e. The van der Waals surface area contributed by atoms with E-state index < -0.39 is 46.5 Å². The lowest BCUT2D eigenvalue weighted by atomic mass is 10.2. The smallest absolute Gasteiger partial charge is 0.330 e. The summed E-state index contributed by atoms with van der Waals surface area (Å²) in [7, 11) is 0. The van der Waals surface area contributed by atoms with E-state index >= 15 is 0 Å². The van der Waals surface area contributed by atoms with E-state index in [0.717, 1.165) is 0 Å². The van der Waals surface area contributed by atoms with Crippen LogP contribution in [0.5, 0.6) is 0 Å². The van der Waals surface area contributed by atoms with Gasteiger partial charge in [0.15, 0.2) is 6.23 Å². The van der Waals surface area contributed by atoms with Gasteiger partial charge in [-0.05, 0) is 6.92 Å². The van der Waals surface area contributed by atoms with Crippen LogP contribution < -0.4 is 11.2 Å². The molecule has 1 aromatic heterocycles. The van der Waals surface area contributed by atoms with Gasteiger partial charge in [0.25, 0.3) is 5.56 Å². The van der Waals surface area contributed by atoms with Crippen LogP contribution in [0.15, 0.2) is 15.8 Å². The van der Waals surface area contributed by atoms with E-state index in [1.54, 1.807) is 6.92 Å². The molecule has 24 heavy (non-hydrogen) atoms. The molecule has 2 rings (SSSR count). The lowest BCUT2D eigenvalue weighted by Crippen LogP contribution is -2.37. The van der Waals surface area contributed by atoms with Crippen LogP contribution >= 0.6 is 15.9 Å². The van der Waals surface area contributed by atoms with Crippen molar-refractivity contribution in [2.24, 2.45) is 0 Å². The first kappa shape index (κ1) is 18.4. The number of rotatable bonds is 4. The molecular weight excluding hydrogens is 388 g/mol. The number of aromatic amines is 1. The van der Waals surface area contributed by atoms with Gasteiger partial charge in [0, 0.05) is 25.6 Å². The molecule has 10 heteroatoms. The summed E-state index contributed by atoms with van der Waals surface area (Å²) >= 11 is 3.37. The summed E-state index contributed by atoms with van der Waals surface area (Å²) in [6.45, 7) is 3.90. The molecule has 1 aromatic rings. The molecule has 0 bridgehead atoms. The van der Waals surface area contributed by atoms with Crippen molar-refractivity contribution in [3.63, 3.8) is 0 Å². The van der Waals surface area contributed by atoms with Gasteiger partial charge in [-0.1, -0.05) is 15.9 Å². The lowest BCUT2D eigenvalue weighted by Gasteiger charge is -2.19. The minimum absolute atomic E-state index is 0.136. The molecule has 0 radical (unpaired) electrons. The van der Waals surface area contributed by atoms with Crippen molar-refractivity contribution >= 4 is 27.9 Å². The number of halogens is 1. The number of nitrogens with zero attached hydrogens (tertiary/aromatic N) is 1. The van der Waals surface area contributed by atoms with E-state index in [9.17, 15) is 19.2 Å². The Kier molecular flexibility index (Phi) is 5.60. The highest BCUT2D eigenvalue weighted by Crippen LogP contribution is 2.36. The molecule has 1 saturated heterocycles. The first-order chi connectivity index (χ1) is 11.2. The van der Waals surface area contributed by atoms with Crippen LogP contribution in [-0.2, 0) is 23.8 Å². The van der Waals surface area contributed by atoms with Gasteiger partial charge in [-0.3, -0.25) is 23.9 Å². The van der Waals surface area contributed by atoms with E-state index in [1.807, 2.05) is 0 Å². The number of carbonyl (C=O) groups excluding carboxylic acids is 2. The molecule has 0 unspecified atom stereocenters. The van der Waals surface area contributed by atoms with Crippen molar-refractivity contribution in [2.45, 2.75) is 44.0 Å². The minimum Gasteiger partial charge on any atom is -0.463 e. The summed E-state index contributed by atoms with van der Waals surface area (Å²) in [5, 5.41) is 0. The highest BCUT2D eigenvalue weighted by molar-refractivity contribution is 9.09. The summed E-state index contributed by atoms with van der Waals surface area (Å²) in [4.78, 5) is 47.5. The molecule has 1 fully saturated rings. The fourth-order valence-corrected chi connectivity index (χ4v) is 3.19. The van der Waals surface area contributed by atoms with Gasteiger partial charge >= 0.3 is 17.6 Å². The van der Waals surface area contributed by atoms with Gasteiger partial charge in [0.1, 0.15) is 18.8 Å². The zero-order valence-corrected chi connectivity index (χ0v) is 14.9. The van der Waals surface area contributed by atoms with Crippen LogP contribution in [0.25, 0.3) is 0 Å². The van der Waals surface area contributed by atoms with Crippen molar-refractivity contribution in [3.05, 3.63) is 32.6 Å². The molecule has 0 spiro atoms. The summed E-state index contributed by atoms with van der Waals surface area (Å²) in [6.07, 6.45) is -1.02. The molecule has 132 valence electrons. The number of ether oxygens (including phenoxy) is 3. The van der Waals surface area contributed by atoms with Crippen molar-refractivity contribution in [2.75, 3.05) is 6.61 Å². The van der Waals surface area contributed by atoms with Gasteiger partial charge in [0.2, 0.25) is 0 Å². The summed E-state index contributed by atoms with van der Waals surface area (Å²) in [5.74, 6) is -1.04. The quantitative estimate of drug-likeness (QED) is 0.554. The Labute approximate surface area is 145 Å². The molecule has 1 aliphatic rings. The normalized spacial score (nSPS) is 26.2. The molecule has 1 N–H and O–H groups in total. The number of aromatic nitrogens is 2. The monoisotopic (exact) mass is 404 g/mol. The number of alkyl halides is 1. The molecule has 2 heterocycles. The predicted octanol–water partition coefficient (Wildman–Crippen LogP) is 0.000720. The zero-order valence-electron chi connectivity index (χ0n) is 13.3. The van der Waals surface area contributed by atoms with Crippen LogP contribution in [-0.4, -0.2) is 45.1 Å².